The molecule has 2 heterocycles. The van der Waals surface area contributed by atoms with Crippen LogP contribution in [0.5, 0.6) is 0 Å². The summed E-state index contributed by atoms with van der Waals surface area (Å²) in [5, 5.41) is 1.12. The Morgan fingerprint density at radius 3 is 2.94 bits per heavy atom. The van der Waals surface area contributed by atoms with Crippen molar-refractivity contribution in [2.45, 2.75) is 37.8 Å². The Labute approximate surface area is 114 Å². The number of piperidine rings is 1. The molecular formula is C13H25BrN2O. The maximum Gasteiger partial charge on any atom is 0.0829 e. The Kier molecular flexibility index (Phi) is 5.74. The van der Waals surface area contributed by atoms with Gasteiger partial charge in [-0.3, -0.25) is 4.90 Å². The molecule has 2 unspecified atom stereocenters. The molecule has 0 bridgehead atoms. The maximum atomic E-state index is 5.88. The van der Waals surface area contributed by atoms with Gasteiger partial charge in [0.15, 0.2) is 0 Å². The van der Waals surface area contributed by atoms with E-state index in [1.807, 2.05) is 0 Å². The molecule has 0 saturated carbocycles. The average Bonchev–Trinajstić information content (AvgIpc) is 2.32. The molecule has 100 valence electrons. The molecule has 17 heavy (non-hydrogen) atoms. The zero-order valence-corrected chi connectivity index (χ0v) is 12.5. The molecule has 2 saturated heterocycles. The van der Waals surface area contributed by atoms with Gasteiger partial charge in [0, 0.05) is 31.0 Å². The summed E-state index contributed by atoms with van der Waals surface area (Å²) in [4.78, 5) is 5.05. The van der Waals surface area contributed by atoms with E-state index < -0.39 is 0 Å². The van der Waals surface area contributed by atoms with Gasteiger partial charge in [0.05, 0.1) is 12.7 Å². The summed E-state index contributed by atoms with van der Waals surface area (Å²) in [5.74, 6) is 0. The molecule has 3 nitrogen and oxygen atoms in total. The fourth-order valence-electron chi connectivity index (χ4n) is 2.99. The predicted molar refractivity (Wildman–Crippen MR) is 74.9 cm³/mol. The largest absolute Gasteiger partial charge is 0.374 e. The highest BCUT2D eigenvalue weighted by atomic mass is 79.9. The normalized spacial score (nSPS) is 32.8. The van der Waals surface area contributed by atoms with E-state index in [4.69, 9.17) is 4.74 Å². The van der Waals surface area contributed by atoms with Crippen LogP contribution in [-0.2, 0) is 4.74 Å². The summed E-state index contributed by atoms with van der Waals surface area (Å²) in [5.41, 5.74) is 0. The van der Waals surface area contributed by atoms with Crippen LogP contribution in [0, 0.1) is 0 Å². The van der Waals surface area contributed by atoms with Crippen molar-refractivity contribution >= 4 is 15.9 Å². The lowest BCUT2D eigenvalue weighted by molar-refractivity contribution is -0.0453. The number of nitrogens with zero attached hydrogens (tertiary/aromatic N) is 2. The molecule has 0 aromatic rings. The molecule has 2 atom stereocenters. The summed E-state index contributed by atoms with van der Waals surface area (Å²) < 4.78 is 5.88. The lowest BCUT2D eigenvalue weighted by atomic mass is 9.99. The molecular weight excluding hydrogens is 280 g/mol. The average molecular weight is 305 g/mol. The first kappa shape index (κ1) is 13.8. The van der Waals surface area contributed by atoms with Crippen LogP contribution < -0.4 is 0 Å². The molecule has 0 aromatic heterocycles. The third kappa shape index (κ3) is 4.19. The highest BCUT2D eigenvalue weighted by Gasteiger charge is 2.26. The number of halogens is 1. The standard InChI is InChI=1S/C13H25BrN2O/c1-15-8-9-17-13(10-15)11-16-7-3-2-4-12(16)5-6-14/h12-13H,2-11H2,1H3. The van der Waals surface area contributed by atoms with Gasteiger partial charge in [-0.2, -0.15) is 0 Å². The molecule has 2 aliphatic rings. The minimum Gasteiger partial charge on any atom is -0.374 e. The van der Waals surface area contributed by atoms with E-state index in [0.29, 0.717) is 6.10 Å². The van der Waals surface area contributed by atoms with Crippen LogP contribution in [0.1, 0.15) is 25.7 Å². The van der Waals surface area contributed by atoms with E-state index in [9.17, 15) is 0 Å². The fraction of sp³-hybridized carbons (Fsp3) is 1.00. The fourth-order valence-corrected chi connectivity index (χ4v) is 3.52. The quantitative estimate of drug-likeness (QED) is 0.739. The van der Waals surface area contributed by atoms with Crippen LogP contribution in [-0.4, -0.2) is 67.1 Å². The van der Waals surface area contributed by atoms with Crippen molar-refractivity contribution in [3.63, 3.8) is 0 Å². The Hall–Kier alpha value is 0.360. The van der Waals surface area contributed by atoms with Crippen molar-refractivity contribution < 1.29 is 4.74 Å². The highest BCUT2D eigenvalue weighted by Crippen LogP contribution is 2.21. The SMILES string of the molecule is CN1CCOC(CN2CCCCC2CCBr)C1. The summed E-state index contributed by atoms with van der Waals surface area (Å²) >= 11 is 3.58. The number of hydrogen-bond acceptors (Lipinski definition) is 3. The monoisotopic (exact) mass is 304 g/mol. The van der Waals surface area contributed by atoms with E-state index in [1.165, 1.54) is 32.2 Å². The minimum atomic E-state index is 0.421. The molecule has 0 aromatic carbocycles. The van der Waals surface area contributed by atoms with Crippen molar-refractivity contribution in [3.05, 3.63) is 0 Å². The number of likely N-dealkylation sites (tertiary alicyclic amines) is 1. The van der Waals surface area contributed by atoms with Gasteiger partial charge in [-0.15, -0.1) is 0 Å². The van der Waals surface area contributed by atoms with Gasteiger partial charge in [0.2, 0.25) is 0 Å². The second-order valence-corrected chi connectivity index (χ2v) is 6.17. The van der Waals surface area contributed by atoms with Gasteiger partial charge in [0.1, 0.15) is 0 Å². The van der Waals surface area contributed by atoms with Crippen LogP contribution in [0.2, 0.25) is 0 Å². The van der Waals surface area contributed by atoms with Crippen molar-refractivity contribution in [2.75, 3.05) is 45.2 Å². The van der Waals surface area contributed by atoms with Crippen molar-refractivity contribution in [1.29, 1.82) is 0 Å². The first-order valence-corrected chi connectivity index (χ1v) is 8.02. The lowest BCUT2D eigenvalue weighted by Gasteiger charge is -2.40. The van der Waals surface area contributed by atoms with Crippen molar-refractivity contribution in [1.82, 2.24) is 9.80 Å². The molecule has 0 N–H and O–H groups in total. The molecule has 0 spiro atoms. The summed E-state index contributed by atoms with van der Waals surface area (Å²) in [6, 6.07) is 0.777. The molecule has 0 amide bonds. The highest BCUT2D eigenvalue weighted by molar-refractivity contribution is 9.09. The van der Waals surface area contributed by atoms with Crippen LogP contribution >= 0.6 is 15.9 Å². The second-order valence-electron chi connectivity index (χ2n) is 5.38. The summed E-state index contributed by atoms with van der Waals surface area (Å²) in [6.07, 6.45) is 5.84. The maximum absolute atomic E-state index is 5.88. The van der Waals surface area contributed by atoms with Gasteiger partial charge >= 0.3 is 0 Å². The third-order valence-corrected chi connectivity index (χ3v) is 4.43. The van der Waals surface area contributed by atoms with E-state index in [1.54, 1.807) is 0 Å². The zero-order valence-electron chi connectivity index (χ0n) is 10.9. The van der Waals surface area contributed by atoms with Gasteiger partial charge < -0.3 is 9.64 Å². The molecule has 0 radical (unpaired) electrons. The molecule has 0 aliphatic carbocycles. The molecule has 2 fully saturated rings. The number of hydrogen-bond donors (Lipinski definition) is 0. The number of alkyl halides is 1. The van der Waals surface area contributed by atoms with E-state index in [2.05, 4.69) is 32.8 Å². The van der Waals surface area contributed by atoms with E-state index in [-0.39, 0.29) is 0 Å². The Morgan fingerprint density at radius 2 is 2.18 bits per heavy atom. The number of ether oxygens (including phenoxy) is 1. The van der Waals surface area contributed by atoms with Crippen molar-refractivity contribution in [2.24, 2.45) is 0 Å². The third-order valence-electron chi connectivity index (χ3n) is 3.97. The second kappa shape index (κ2) is 7.07. The van der Waals surface area contributed by atoms with Crippen LogP contribution in [0.4, 0.5) is 0 Å². The Bertz CT molecular complexity index is 225. The summed E-state index contributed by atoms with van der Waals surface area (Å²) in [7, 11) is 2.20. The first-order valence-electron chi connectivity index (χ1n) is 6.89. The van der Waals surface area contributed by atoms with Crippen LogP contribution in [0.3, 0.4) is 0 Å². The molecule has 2 aliphatic heterocycles. The molecule has 2 rings (SSSR count). The van der Waals surface area contributed by atoms with Gasteiger partial charge in [-0.1, -0.05) is 22.4 Å². The van der Waals surface area contributed by atoms with Gasteiger partial charge in [0.25, 0.3) is 0 Å². The molecule has 4 heteroatoms. The van der Waals surface area contributed by atoms with E-state index >= 15 is 0 Å². The minimum absolute atomic E-state index is 0.421. The smallest absolute Gasteiger partial charge is 0.0829 e. The zero-order chi connectivity index (χ0) is 12.1. The topological polar surface area (TPSA) is 15.7 Å². The Morgan fingerprint density at radius 1 is 1.29 bits per heavy atom. The Balaban J connectivity index is 1.82. The first-order chi connectivity index (χ1) is 8.29. The predicted octanol–water partition coefficient (Wildman–Crippen LogP) is 1.96. The van der Waals surface area contributed by atoms with Crippen LogP contribution in [0.25, 0.3) is 0 Å². The summed E-state index contributed by atoms with van der Waals surface area (Å²) in [6.45, 7) is 5.47. The number of morpholine rings is 1. The number of likely N-dealkylation sites (N-methyl/N-ethyl adjacent to an activating group) is 1. The van der Waals surface area contributed by atoms with Crippen molar-refractivity contribution in [3.8, 4) is 0 Å². The number of rotatable bonds is 4. The van der Waals surface area contributed by atoms with Gasteiger partial charge in [-0.05, 0) is 32.9 Å². The lowest BCUT2D eigenvalue weighted by Crippen LogP contribution is -2.50. The van der Waals surface area contributed by atoms with Gasteiger partial charge in [-0.25, -0.2) is 0 Å². The van der Waals surface area contributed by atoms with Crippen LogP contribution in [0.15, 0.2) is 0 Å². The van der Waals surface area contributed by atoms with E-state index in [0.717, 1.165) is 37.6 Å².